The van der Waals surface area contributed by atoms with Crippen LogP contribution in [0.1, 0.15) is 15.9 Å². The molecule has 21 heavy (non-hydrogen) atoms. The first-order chi connectivity index (χ1) is 9.97. The number of rotatable bonds is 5. The zero-order chi connectivity index (χ0) is 15.4. The fourth-order valence-electron chi connectivity index (χ4n) is 1.70. The van der Waals surface area contributed by atoms with Gasteiger partial charge in [-0.2, -0.15) is 0 Å². The van der Waals surface area contributed by atoms with E-state index in [-0.39, 0.29) is 17.9 Å². The molecule has 2 rings (SSSR count). The summed E-state index contributed by atoms with van der Waals surface area (Å²) in [6, 6.07) is 10.4. The Morgan fingerprint density at radius 3 is 2.67 bits per heavy atom. The van der Waals surface area contributed by atoms with E-state index in [0.29, 0.717) is 5.02 Å². The van der Waals surface area contributed by atoms with E-state index in [4.69, 9.17) is 21.4 Å². The number of hydrogen-bond acceptors (Lipinski definition) is 4. The number of nitro benzene ring substituents is 1. The highest BCUT2D eigenvalue weighted by molar-refractivity contribution is 6.30. The van der Waals surface area contributed by atoms with Crippen molar-refractivity contribution in [2.75, 3.05) is 0 Å². The topological polar surface area (TPSA) is 89.7 Å². The molecule has 7 heteroatoms. The highest BCUT2D eigenvalue weighted by atomic mass is 35.5. The maximum absolute atomic E-state index is 11.0. The lowest BCUT2D eigenvalue weighted by molar-refractivity contribution is -0.386. The van der Waals surface area contributed by atoms with Crippen molar-refractivity contribution in [2.24, 2.45) is 0 Å². The number of carboxylic acid groups (broad SMARTS) is 1. The molecule has 0 saturated carbocycles. The normalized spacial score (nSPS) is 10.1. The van der Waals surface area contributed by atoms with Crippen LogP contribution in [0.5, 0.6) is 5.75 Å². The van der Waals surface area contributed by atoms with Crippen molar-refractivity contribution in [2.45, 2.75) is 6.61 Å². The molecule has 0 unspecified atom stereocenters. The van der Waals surface area contributed by atoms with Crippen LogP contribution in [0.2, 0.25) is 5.02 Å². The van der Waals surface area contributed by atoms with E-state index in [1.807, 2.05) is 0 Å². The molecule has 2 aromatic rings. The van der Waals surface area contributed by atoms with Gasteiger partial charge < -0.3 is 9.84 Å². The van der Waals surface area contributed by atoms with E-state index < -0.39 is 16.6 Å². The van der Waals surface area contributed by atoms with Gasteiger partial charge in [0, 0.05) is 11.1 Å². The number of benzene rings is 2. The summed E-state index contributed by atoms with van der Waals surface area (Å²) in [4.78, 5) is 21.1. The average molecular weight is 308 g/mol. The van der Waals surface area contributed by atoms with Crippen LogP contribution in [0.4, 0.5) is 5.69 Å². The highest BCUT2D eigenvalue weighted by Crippen LogP contribution is 2.29. The fraction of sp³-hybridized carbons (Fsp3) is 0.0714. The summed E-state index contributed by atoms with van der Waals surface area (Å²) in [6.45, 7) is 0.0911. The molecule has 0 aliphatic carbocycles. The van der Waals surface area contributed by atoms with Crippen molar-refractivity contribution in [3.8, 4) is 5.75 Å². The van der Waals surface area contributed by atoms with Crippen LogP contribution in [0.15, 0.2) is 42.5 Å². The van der Waals surface area contributed by atoms with Crippen LogP contribution in [0.3, 0.4) is 0 Å². The minimum absolute atomic E-state index is 0.00461. The molecule has 0 aromatic heterocycles. The van der Waals surface area contributed by atoms with Gasteiger partial charge in [-0.25, -0.2) is 4.79 Å². The van der Waals surface area contributed by atoms with E-state index in [9.17, 15) is 14.9 Å². The molecule has 6 nitrogen and oxygen atoms in total. The van der Waals surface area contributed by atoms with E-state index in [1.165, 1.54) is 12.1 Å². The van der Waals surface area contributed by atoms with Gasteiger partial charge >= 0.3 is 11.7 Å². The Morgan fingerprint density at radius 1 is 1.29 bits per heavy atom. The fourth-order valence-corrected chi connectivity index (χ4v) is 1.92. The summed E-state index contributed by atoms with van der Waals surface area (Å²) < 4.78 is 5.38. The number of ether oxygens (including phenoxy) is 1. The van der Waals surface area contributed by atoms with E-state index >= 15 is 0 Å². The Bertz CT molecular complexity index is 702. The largest absolute Gasteiger partial charge is 0.482 e. The molecule has 0 spiro atoms. The molecule has 1 N–H and O–H groups in total. The Labute approximate surface area is 124 Å². The number of hydrogen-bond donors (Lipinski definition) is 1. The smallest absolute Gasteiger partial charge is 0.335 e. The number of nitro groups is 1. The molecule has 2 aromatic carbocycles. The monoisotopic (exact) mass is 307 g/mol. The van der Waals surface area contributed by atoms with Crippen LogP contribution < -0.4 is 4.74 Å². The predicted molar refractivity (Wildman–Crippen MR) is 75.8 cm³/mol. The zero-order valence-corrected chi connectivity index (χ0v) is 11.4. The van der Waals surface area contributed by atoms with Crippen molar-refractivity contribution in [1.29, 1.82) is 0 Å². The number of nitrogens with zero attached hydrogens (tertiary/aromatic N) is 1. The molecule has 0 bridgehead atoms. The molecule has 0 atom stereocenters. The maximum Gasteiger partial charge on any atom is 0.335 e. The third-order valence-corrected chi connectivity index (χ3v) is 2.92. The summed E-state index contributed by atoms with van der Waals surface area (Å²) in [6.07, 6.45) is 0. The van der Waals surface area contributed by atoms with Crippen molar-refractivity contribution in [3.63, 3.8) is 0 Å². The second-order valence-corrected chi connectivity index (χ2v) is 4.60. The van der Waals surface area contributed by atoms with Crippen LogP contribution >= 0.6 is 11.6 Å². The molecule has 0 heterocycles. The van der Waals surface area contributed by atoms with Crippen molar-refractivity contribution in [3.05, 3.63) is 68.7 Å². The highest BCUT2D eigenvalue weighted by Gasteiger charge is 2.18. The standard InChI is InChI=1S/C14H10ClNO5/c15-11-3-1-2-9(6-11)8-21-13-5-4-10(14(17)18)7-12(13)16(19)20/h1-7H,8H2,(H,17,18). The third-order valence-electron chi connectivity index (χ3n) is 2.69. The van der Waals surface area contributed by atoms with E-state index in [2.05, 4.69) is 0 Å². The summed E-state index contributed by atoms with van der Waals surface area (Å²) in [5.74, 6) is -1.23. The summed E-state index contributed by atoms with van der Waals surface area (Å²) >= 11 is 5.83. The predicted octanol–water partition coefficient (Wildman–Crippen LogP) is 3.53. The molecule has 0 aliphatic heterocycles. The quantitative estimate of drug-likeness (QED) is 0.674. The number of aromatic carboxylic acids is 1. The van der Waals surface area contributed by atoms with Crippen LogP contribution in [-0.4, -0.2) is 16.0 Å². The lowest BCUT2D eigenvalue weighted by Crippen LogP contribution is -2.02. The lowest BCUT2D eigenvalue weighted by atomic mass is 10.2. The van der Waals surface area contributed by atoms with Gasteiger partial charge in [0.15, 0.2) is 5.75 Å². The van der Waals surface area contributed by atoms with Gasteiger partial charge in [0.1, 0.15) is 6.61 Å². The van der Waals surface area contributed by atoms with Gasteiger partial charge in [-0.3, -0.25) is 10.1 Å². The Hall–Kier alpha value is -2.60. The molecular formula is C14H10ClNO5. The summed E-state index contributed by atoms with van der Waals surface area (Å²) in [5, 5.41) is 20.3. The summed E-state index contributed by atoms with van der Waals surface area (Å²) in [5.41, 5.74) is 0.188. The molecule has 0 amide bonds. The average Bonchev–Trinajstić information content (AvgIpc) is 2.44. The van der Waals surface area contributed by atoms with Gasteiger partial charge in [-0.05, 0) is 29.8 Å². The minimum atomic E-state index is -1.24. The maximum atomic E-state index is 11.0. The van der Waals surface area contributed by atoms with E-state index in [1.54, 1.807) is 24.3 Å². The number of carbonyl (C=O) groups is 1. The van der Waals surface area contributed by atoms with Crippen molar-refractivity contribution >= 4 is 23.3 Å². The molecule has 108 valence electrons. The Kier molecular flexibility index (Phi) is 4.39. The van der Waals surface area contributed by atoms with E-state index in [0.717, 1.165) is 11.6 Å². The van der Waals surface area contributed by atoms with Crippen LogP contribution in [0, 0.1) is 10.1 Å². The first kappa shape index (κ1) is 14.8. The lowest BCUT2D eigenvalue weighted by Gasteiger charge is -2.07. The van der Waals surface area contributed by atoms with Crippen molar-refractivity contribution in [1.82, 2.24) is 0 Å². The molecule has 0 radical (unpaired) electrons. The van der Waals surface area contributed by atoms with Crippen LogP contribution in [0.25, 0.3) is 0 Å². The minimum Gasteiger partial charge on any atom is -0.482 e. The first-order valence-corrected chi connectivity index (χ1v) is 6.24. The number of halogens is 1. The zero-order valence-electron chi connectivity index (χ0n) is 10.7. The second-order valence-electron chi connectivity index (χ2n) is 4.16. The van der Waals surface area contributed by atoms with Crippen molar-refractivity contribution < 1.29 is 19.6 Å². The molecule has 0 fully saturated rings. The second kappa shape index (κ2) is 6.23. The van der Waals surface area contributed by atoms with Gasteiger partial charge in [0.25, 0.3) is 0 Å². The van der Waals surface area contributed by atoms with Gasteiger partial charge in [-0.1, -0.05) is 23.7 Å². The Morgan fingerprint density at radius 2 is 2.05 bits per heavy atom. The van der Waals surface area contributed by atoms with Gasteiger partial charge in [-0.15, -0.1) is 0 Å². The number of carboxylic acids is 1. The van der Waals surface area contributed by atoms with Crippen LogP contribution in [-0.2, 0) is 6.61 Å². The Balaban J connectivity index is 2.23. The molecule has 0 saturated heterocycles. The first-order valence-electron chi connectivity index (χ1n) is 5.86. The van der Waals surface area contributed by atoms with Gasteiger partial charge in [0.05, 0.1) is 10.5 Å². The molecule has 0 aliphatic rings. The summed E-state index contributed by atoms with van der Waals surface area (Å²) in [7, 11) is 0. The third kappa shape index (κ3) is 3.70. The molecular weight excluding hydrogens is 298 g/mol. The van der Waals surface area contributed by atoms with Gasteiger partial charge in [0.2, 0.25) is 0 Å². The SMILES string of the molecule is O=C(O)c1ccc(OCc2cccc(Cl)c2)c([N+](=O)[O-])c1.